The SMILES string of the molecule is C=C1C[C@@]2(C)[C@@H](CCCC)C(=O)NC12[C@@H](O)c1ccccc1. The lowest BCUT2D eigenvalue weighted by Gasteiger charge is -2.58. The molecular weight excluding hydrogens is 274 g/mol. The number of hydrogen-bond acceptors (Lipinski definition) is 2. The first-order valence-electron chi connectivity index (χ1n) is 8.20. The molecule has 2 fully saturated rings. The summed E-state index contributed by atoms with van der Waals surface area (Å²) in [6.07, 6.45) is 3.07. The van der Waals surface area contributed by atoms with E-state index >= 15 is 0 Å². The van der Waals surface area contributed by atoms with Crippen molar-refractivity contribution in [1.82, 2.24) is 5.32 Å². The minimum absolute atomic E-state index is 0.0312. The number of fused-ring (bicyclic) bond motifs is 1. The molecule has 0 aromatic heterocycles. The van der Waals surface area contributed by atoms with E-state index in [-0.39, 0.29) is 17.2 Å². The van der Waals surface area contributed by atoms with E-state index in [1.54, 1.807) is 0 Å². The number of nitrogens with one attached hydrogen (secondary N) is 1. The molecule has 1 amide bonds. The maximum absolute atomic E-state index is 12.6. The third kappa shape index (κ3) is 1.81. The first-order valence-corrected chi connectivity index (χ1v) is 8.20. The molecule has 1 heterocycles. The molecule has 22 heavy (non-hydrogen) atoms. The molecule has 2 aliphatic rings. The highest BCUT2D eigenvalue weighted by molar-refractivity contribution is 5.87. The number of rotatable bonds is 5. The lowest BCUT2D eigenvalue weighted by atomic mass is 9.47. The highest BCUT2D eigenvalue weighted by atomic mass is 16.3. The summed E-state index contributed by atoms with van der Waals surface area (Å²) in [6, 6.07) is 9.59. The van der Waals surface area contributed by atoms with E-state index < -0.39 is 11.6 Å². The van der Waals surface area contributed by atoms with Gasteiger partial charge in [0.05, 0.1) is 5.54 Å². The molecule has 1 saturated heterocycles. The number of aliphatic hydroxyl groups excluding tert-OH is 1. The van der Waals surface area contributed by atoms with Gasteiger partial charge in [0.25, 0.3) is 0 Å². The third-order valence-electron chi connectivity index (χ3n) is 5.82. The summed E-state index contributed by atoms with van der Waals surface area (Å²) in [5.41, 5.74) is 0.833. The maximum Gasteiger partial charge on any atom is 0.224 e. The molecular formula is C19H25NO2. The summed E-state index contributed by atoms with van der Waals surface area (Å²) in [5.74, 6) is 0.0425. The summed E-state index contributed by atoms with van der Waals surface area (Å²) >= 11 is 0. The van der Waals surface area contributed by atoms with Crippen molar-refractivity contribution in [3.8, 4) is 0 Å². The molecule has 1 aliphatic heterocycles. The van der Waals surface area contributed by atoms with Gasteiger partial charge in [-0.05, 0) is 24.0 Å². The number of carbonyl (C=O) groups is 1. The second-order valence-corrected chi connectivity index (χ2v) is 7.00. The number of hydrogen-bond donors (Lipinski definition) is 2. The molecule has 2 N–H and O–H groups in total. The van der Waals surface area contributed by atoms with Crippen LogP contribution in [-0.2, 0) is 4.79 Å². The van der Waals surface area contributed by atoms with Crippen LogP contribution in [0.4, 0.5) is 0 Å². The van der Waals surface area contributed by atoms with Crippen LogP contribution in [0.2, 0.25) is 0 Å². The molecule has 1 saturated carbocycles. The van der Waals surface area contributed by atoms with Crippen molar-refractivity contribution in [2.45, 2.75) is 51.2 Å². The van der Waals surface area contributed by atoms with Gasteiger partial charge >= 0.3 is 0 Å². The van der Waals surface area contributed by atoms with Gasteiger partial charge in [-0.1, -0.05) is 63.6 Å². The minimum Gasteiger partial charge on any atom is -0.386 e. The van der Waals surface area contributed by atoms with Crippen molar-refractivity contribution in [3.05, 3.63) is 48.0 Å². The second-order valence-electron chi connectivity index (χ2n) is 7.00. The number of unbranched alkanes of at least 4 members (excludes halogenated alkanes) is 1. The zero-order valence-corrected chi connectivity index (χ0v) is 13.4. The summed E-state index contributed by atoms with van der Waals surface area (Å²) in [4.78, 5) is 12.6. The van der Waals surface area contributed by atoms with Gasteiger partial charge in [-0.2, -0.15) is 0 Å². The van der Waals surface area contributed by atoms with Gasteiger partial charge in [-0.3, -0.25) is 4.79 Å². The second kappa shape index (κ2) is 5.24. The van der Waals surface area contributed by atoms with Gasteiger partial charge < -0.3 is 10.4 Å². The van der Waals surface area contributed by atoms with Gasteiger partial charge in [0.15, 0.2) is 0 Å². The molecule has 0 radical (unpaired) electrons. The molecule has 1 aromatic rings. The van der Waals surface area contributed by atoms with Crippen LogP contribution in [0.3, 0.4) is 0 Å². The molecule has 1 aromatic carbocycles. The molecule has 1 unspecified atom stereocenters. The van der Waals surface area contributed by atoms with Crippen molar-refractivity contribution in [1.29, 1.82) is 0 Å². The van der Waals surface area contributed by atoms with Gasteiger partial charge in [0.1, 0.15) is 6.10 Å². The standard InChI is InChI=1S/C19H25NO2/c1-4-5-11-15-17(22)20-19(13(2)12-18(15,19)3)16(21)14-9-7-6-8-10-14/h6-10,15-16,21H,2,4-5,11-12H2,1,3H3,(H,20,22)/t15-,16-,18-,19?/m0/s1. The molecule has 1 aliphatic carbocycles. The van der Waals surface area contributed by atoms with Crippen molar-refractivity contribution in [2.75, 3.05) is 0 Å². The van der Waals surface area contributed by atoms with E-state index in [1.165, 1.54) is 0 Å². The predicted octanol–water partition coefficient (Wildman–Crippen LogP) is 3.36. The average molecular weight is 299 g/mol. The fourth-order valence-electron chi connectivity index (χ4n) is 4.54. The van der Waals surface area contributed by atoms with Crippen LogP contribution in [0.1, 0.15) is 51.2 Å². The maximum atomic E-state index is 12.6. The molecule has 3 heteroatoms. The Labute approximate surface area is 132 Å². The highest BCUT2D eigenvalue weighted by Crippen LogP contribution is 2.66. The Morgan fingerprint density at radius 3 is 2.68 bits per heavy atom. The highest BCUT2D eigenvalue weighted by Gasteiger charge is 2.71. The largest absolute Gasteiger partial charge is 0.386 e. The number of amides is 1. The van der Waals surface area contributed by atoms with Gasteiger partial charge in [0.2, 0.25) is 5.91 Å². The Kier molecular flexibility index (Phi) is 3.64. The lowest BCUT2D eigenvalue weighted by Crippen LogP contribution is -2.65. The van der Waals surface area contributed by atoms with E-state index in [0.717, 1.165) is 36.8 Å². The molecule has 0 bridgehead atoms. The van der Waals surface area contributed by atoms with Crippen LogP contribution in [-0.4, -0.2) is 16.6 Å². The van der Waals surface area contributed by atoms with Crippen LogP contribution in [0, 0.1) is 11.3 Å². The van der Waals surface area contributed by atoms with Gasteiger partial charge in [0, 0.05) is 11.3 Å². The van der Waals surface area contributed by atoms with Crippen molar-refractivity contribution in [3.63, 3.8) is 0 Å². The Morgan fingerprint density at radius 2 is 2.09 bits per heavy atom. The van der Waals surface area contributed by atoms with Crippen LogP contribution in [0.25, 0.3) is 0 Å². The molecule has 3 nitrogen and oxygen atoms in total. The van der Waals surface area contributed by atoms with Crippen LogP contribution >= 0.6 is 0 Å². The van der Waals surface area contributed by atoms with E-state index in [9.17, 15) is 9.90 Å². The van der Waals surface area contributed by atoms with Crippen molar-refractivity contribution in [2.24, 2.45) is 11.3 Å². The van der Waals surface area contributed by atoms with Crippen LogP contribution in [0.5, 0.6) is 0 Å². The number of benzene rings is 1. The van der Waals surface area contributed by atoms with Gasteiger partial charge in [-0.15, -0.1) is 0 Å². The van der Waals surface area contributed by atoms with Crippen LogP contribution in [0.15, 0.2) is 42.5 Å². The van der Waals surface area contributed by atoms with E-state index in [2.05, 4.69) is 25.7 Å². The van der Waals surface area contributed by atoms with Crippen molar-refractivity contribution >= 4 is 5.91 Å². The zero-order valence-electron chi connectivity index (χ0n) is 13.4. The van der Waals surface area contributed by atoms with E-state index in [1.807, 2.05) is 30.3 Å². The Hall–Kier alpha value is -1.61. The number of carbonyl (C=O) groups excluding carboxylic acids is 1. The first kappa shape index (κ1) is 15.3. The van der Waals surface area contributed by atoms with E-state index in [0.29, 0.717) is 0 Å². The average Bonchev–Trinajstić information content (AvgIpc) is 2.69. The minimum atomic E-state index is -0.740. The Bertz CT molecular complexity index is 597. The third-order valence-corrected chi connectivity index (χ3v) is 5.82. The Balaban J connectivity index is 1.97. The van der Waals surface area contributed by atoms with Gasteiger partial charge in [-0.25, -0.2) is 0 Å². The molecule has 118 valence electrons. The topological polar surface area (TPSA) is 49.3 Å². The number of aliphatic hydroxyl groups is 1. The predicted molar refractivity (Wildman–Crippen MR) is 87.2 cm³/mol. The van der Waals surface area contributed by atoms with Crippen molar-refractivity contribution < 1.29 is 9.90 Å². The molecule has 0 spiro atoms. The molecule has 4 atom stereocenters. The zero-order chi connectivity index (χ0) is 16.0. The normalized spacial score (nSPS) is 34.8. The summed E-state index contributed by atoms with van der Waals surface area (Å²) in [7, 11) is 0. The fraction of sp³-hybridized carbons (Fsp3) is 0.526. The Morgan fingerprint density at radius 1 is 1.41 bits per heavy atom. The summed E-state index contributed by atoms with van der Waals surface area (Å²) < 4.78 is 0. The monoisotopic (exact) mass is 299 g/mol. The lowest BCUT2D eigenvalue weighted by molar-refractivity contribution is -0.124. The smallest absolute Gasteiger partial charge is 0.224 e. The summed E-state index contributed by atoms with van der Waals surface area (Å²) in [5, 5.41) is 14.1. The van der Waals surface area contributed by atoms with E-state index in [4.69, 9.17) is 0 Å². The quantitative estimate of drug-likeness (QED) is 0.819. The summed E-state index contributed by atoms with van der Waals surface area (Å²) in [6.45, 7) is 8.41. The van der Waals surface area contributed by atoms with Crippen LogP contribution < -0.4 is 5.32 Å². The first-order chi connectivity index (χ1) is 10.5. The fourth-order valence-corrected chi connectivity index (χ4v) is 4.54. The molecule has 3 rings (SSSR count).